The topological polar surface area (TPSA) is 74.7 Å². The van der Waals surface area contributed by atoms with Crippen LogP contribution in [0.4, 0.5) is 0 Å². The maximum atomic E-state index is 13.8. The van der Waals surface area contributed by atoms with Gasteiger partial charge in [0.2, 0.25) is 0 Å². The molecule has 0 heterocycles. The first-order valence-corrected chi connectivity index (χ1v) is 13.3. The van der Waals surface area contributed by atoms with Gasteiger partial charge in [-0.3, -0.25) is 9.59 Å². The van der Waals surface area contributed by atoms with Gasteiger partial charge in [-0.2, -0.15) is 0 Å². The largest absolute Gasteiger partial charge is 0.480 e. The van der Waals surface area contributed by atoms with Crippen LogP contribution in [0.25, 0.3) is 0 Å². The number of halogens is 4. The Labute approximate surface area is 245 Å². The molecule has 0 aliphatic rings. The molecule has 5 nitrogen and oxygen atoms in total. The maximum absolute atomic E-state index is 13.8. The summed E-state index contributed by atoms with van der Waals surface area (Å²) >= 11 is 24.6. The van der Waals surface area contributed by atoms with Crippen LogP contribution in [-0.4, -0.2) is 33.7 Å². The highest BCUT2D eigenvalue weighted by atomic mass is 35.5. The van der Waals surface area contributed by atoms with Gasteiger partial charge in [0, 0.05) is 34.1 Å². The Kier molecular flexibility index (Phi) is 9.31. The molecule has 4 aromatic carbocycles. The van der Waals surface area contributed by atoms with Gasteiger partial charge in [0.25, 0.3) is 5.91 Å². The van der Waals surface area contributed by atoms with E-state index in [0.717, 1.165) is 5.56 Å². The summed E-state index contributed by atoms with van der Waals surface area (Å²) in [6.07, 6.45) is 0.0616. The van der Waals surface area contributed by atoms with Gasteiger partial charge < -0.3 is 10.0 Å². The van der Waals surface area contributed by atoms with Gasteiger partial charge in [0.15, 0.2) is 5.78 Å². The maximum Gasteiger partial charge on any atom is 0.326 e. The van der Waals surface area contributed by atoms with Crippen molar-refractivity contribution < 1.29 is 19.5 Å². The SMILES string of the molecule is O=C(c1cccc(CN(C(=O)c2ccc(Cl)cc2Cl)[C@@H](Cc2ccccc2)C(=O)O)c1)c1ccc(Cl)cc1Cl. The lowest BCUT2D eigenvalue weighted by Gasteiger charge is -2.30. The highest BCUT2D eigenvalue weighted by Crippen LogP contribution is 2.27. The summed E-state index contributed by atoms with van der Waals surface area (Å²) in [7, 11) is 0. The van der Waals surface area contributed by atoms with Gasteiger partial charge in [0.1, 0.15) is 6.04 Å². The molecule has 39 heavy (non-hydrogen) atoms. The lowest BCUT2D eigenvalue weighted by atomic mass is 9.99. The number of nitrogens with zero attached hydrogens (tertiary/aromatic N) is 1. The number of ketones is 1. The first kappa shape index (κ1) is 28.7. The molecule has 0 fully saturated rings. The molecule has 0 unspecified atom stereocenters. The first-order chi connectivity index (χ1) is 18.6. The van der Waals surface area contributed by atoms with E-state index in [1.807, 2.05) is 6.07 Å². The van der Waals surface area contributed by atoms with E-state index in [1.165, 1.54) is 29.2 Å². The zero-order valence-electron chi connectivity index (χ0n) is 20.3. The zero-order chi connectivity index (χ0) is 28.1. The van der Waals surface area contributed by atoms with E-state index in [4.69, 9.17) is 46.4 Å². The number of carbonyl (C=O) groups excluding carboxylic acids is 2. The number of carbonyl (C=O) groups is 3. The monoisotopic (exact) mass is 599 g/mol. The van der Waals surface area contributed by atoms with E-state index in [2.05, 4.69) is 0 Å². The van der Waals surface area contributed by atoms with E-state index < -0.39 is 17.9 Å². The minimum atomic E-state index is -1.23. The zero-order valence-corrected chi connectivity index (χ0v) is 23.3. The number of amides is 1. The number of hydrogen-bond acceptors (Lipinski definition) is 3. The van der Waals surface area contributed by atoms with E-state index in [9.17, 15) is 19.5 Å². The van der Waals surface area contributed by atoms with Crippen molar-refractivity contribution in [3.8, 4) is 0 Å². The van der Waals surface area contributed by atoms with Gasteiger partial charge in [0.05, 0.1) is 15.6 Å². The molecule has 1 N–H and O–H groups in total. The summed E-state index contributed by atoms with van der Waals surface area (Å²) in [6, 6.07) is 23.4. The van der Waals surface area contributed by atoms with Crippen molar-refractivity contribution in [3.63, 3.8) is 0 Å². The van der Waals surface area contributed by atoms with Gasteiger partial charge in [-0.15, -0.1) is 0 Å². The van der Waals surface area contributed by atoms with Gasteiger partial charge >= 0.3 is 5.97 Å². The molecule has 0 aliphatic heterocycles. The Balaban J connectivity index is 1.72. The van der Waals surface area contributed by atoms with Crippen LogP contribution in [0.5, 0.6) is 0 Å². The van der Waals surface area contributed by atoms with Crippen molar-refractivity contribution in [1.29, 1.82) is 0 Å². The standard InChI is InChI=1S/C30H21Cl4NO4/c31-21-9-11-23(25(33)15-21)28(36)20-8-4-7-19(13-20)17-35(29(37)24-12-10-22(32)16-26(24)34)27(30(38)39)14-18-5-2-1-3-6-18/h1-13,15-16,27H,14,17H2,(H,38,39)/t27-/m0/s1. The molecule has 0 aromatic heterocycles. The molecule has 0 spiro atoms. The summed E-state index contributed by atoms with van der Waals surface area (Å²) in [5.41, 5.74) is 1.99. The number of carboxylic acids is 1. The van der Waals surface area contributed by atoms with Crippen LogP contribution >= 0.6 is 46.4 Å². The molecule has 1 amide bonds. The second-order valence-electron chi connectivity index (χ2n) is 8.75. The second kappa shape index (κ2) is 12.7. The predicted octanol–water partition coefficient (Wildman–Crippen LogP) is 7.87. The number of rotatable bonds is 9. The minimum absolute atomic E-state index is 0.0616. The molecule has 4 aromatic rings. The van der Waals surface area contributed by atoms with Crippen LogP contribution in [-0.2, 0) is 17.8 Å². The van der Waals surface area contributed by atoms with Crippen molar-refractivity contribution in [1.82, 2.24) is 4.90 Å². The van der Waals surface area contributed by atoms with Crippen molar-refractivity contribution in [2.75, 3.05) is 0 Å². The molecule has 0 radical (unpaired) electrons. The molecular weight excluding hydrogens is 580 g/mol. The van der Waals surface area contributed by atoms with Gasteiger partial charge in [-0.25, -0.2) is 4.79 Å². The van der Waals surface area contributed by atoms with Crippen LogP contribution < -0.4 is 0 Å². The van der Waals surface area contributed by atoms with E-state index >= 15 is 0 Å². The third-order valence-corrected chi connectivity index (χ3v) is 7.17. The van der Waals surface area contributed by atoms with E-state index in [0.29, 0.717) is 21.2 Å². The third kappa shape index (κ3) is 7.00. The lowest BCUT2D eigenvalue weighted by Crippen LogP contribution is -2.46. The molecule has 4 rings (SSSR count). The minimum Gasteiger partial charge on any atom is -0.480 e. The van der Waals surface area contributed by atoms with Crippen LogP contribution in [0.2, 0.25) is 20.1 Å². The van der Waals surface area contributed by atoms with Crippen LogP contribution in [0.1, 0.15) is 37.4 Å². The summed E-state index contributed by atoms with van der Waals surface area (Å²) in [5, 5.41) is 11.3. The molecule has 0 saturated carbocycles. The van der Waals surface area contributed by atoms with E-state index in [-0.39, 0.29) is 39.9 Å². The van der Waals surface area contributed by atoms with E-state index in [1.54, 1.807) is 60.7 Å². The Hall–Kier alpha value is -3.35. The Morgan fingerprint density at radius 2 is 1.28 bits per heavy atom. The van der Waals surface area contributed by atoms with Gasteiger partial charge in [-0.05, 0) is 53.6 Å². The highest BCUT2D eigenvalue weighted by molar-refractivity contribution is 6.38. The molecule has 1 atom stereocenters. The molecule has 0 saturated heterocycles. The second-order valence-corrected chi connectivity index (χ2v) is 10.4. The quantitative estimate of drug-likeness (QED) is 0.198. The average Bonchev–Trinajstić information content (AvgIpc) is 2.90. The molecule has 0 bridgehead atoms. The first-order valence-electron chi connectivity index (χ1n) is 11.8. The molecule has 198 valence electrons. The highest BCUT2D eigenvalue weighted by Gasteiger charge is 2.32. The lowest BCUT2D eigenvalue weighted by molar-refractivity contribution is -0.142. The molecule has 9 heteroatoms. The fraction of sp³-hybridized carbons (Fsp3) is 0.100. The molecule has 0 aliphatic carbocycles. The number of benzene rings is 4. The van der Waals surface area contributed by atoms with Gasteiger partial charge in [-0.1, -0.05) is 94.9 Å². The number of carboxylic acid groups (broad SMARTS) is 1. The average molecular weight is 601 g/mol. The van der Waals surface area contributed by atoms with Crippen LogP contribution in [0.3, 0.4) is 0 Å². The Bertz CT molecular complexity index is 1540. The van der Waals surface area contributed by atoms with Crippen molar-refractivity contribution in [3.05, 3.63) is 139 Å². The predicted molar refractivity (Wildman–Crippen MR) is 154 cm³/mol. The fourth-order valence-corrected chi connectivity index (χ4v) is 5.13. The van der Waals surface area contributed by atoms with Crippen molar-refractivity contribution in [2.45, 2.75) is 19.0 Å². The number of hydrogen-bond donors (Lipinski definition) is 1. The third-order valence-electron chi connectivity index (χ3n) is 6.07. The Morgan fingerprint density at radius 3 is 1.87 bits per heavy atom. The summed E-state index contributed by atoms with van der Waals surface area (Å²) in [6.45, 7) is -0.100. The number of aliphatic carboxylic acids is 1. The van der Waals surface area contributed by atoms with Crippen molar-refractivity contribution in [2.24, 2.45) is 0 Å². The smallest absolute Gasteiger partial charge is 0.326 e. The van der Waals surface area contributed by atoms with Crippen LogP contribution in [0, 0.1) is 0 Å². The van der Waals surface area contributed by atoms with Crippen molar-refractivity contribution >= 4 is 64.1 Å². The summed E-state index contributed by atoms with van der Waals surface area (Å²) in [5.74, 6) is -2.11. The summed E-state index contributed by atoms with van der Waals surface area (Å²) in [4.78, 5) is 40.7. The Morgan fingerprint density at radius 1 is 0.692 bits per heavy atom. The fourth-order valence-electron chi connectivity index (χ4n) is 4.15. The molecular formula is C30H21Cl4NO4. The van der Waals surface area contributed by atoms with Crippen LogP contribution in [0.15, 0.2) is 91.0 Å². The summed E-state index contributed by atoms with van der Waals surface area (Å²) < 4.78 is 0. The normalized spacial score (nSPS) is 11.6.